The number of nitrogens with zero attached hydrogens (tertiary/aromatic N) is 1. The average molecular weight is 377 g/mol. The van der Waals surface area contributed by atoms with Crippen LogP contribution in [0.25, 0.3) is 22.1 Å². The third-order valence-electron chi connectivity index (χ3n) is 5.15. The highest BCUT2D eigenvalue weighted by molar-refractivity contribution is 5.83. The van der Waals surface area contributed by atoms with Gasteiger partial charge in [0.2, 0.25) is 0 Å². The first-order chi connectivity index (χ1) is 13.7. The summed E-state index contributed by atoms with van der Waals surface area (Å²) in [5, 5.41) is 0.493. The molecule has 5 nitrogen and oxygen atoms in total. The molecular weight excluding hydrogens is 354 g/mol. The molecule has 2 heterocycles. The Balaban J connectivity index is 1.50. The molecule has 144 valence electrons. The number of benzene rings is 2. The number of carbonyl (C=O) groups excluding carboxylic acids is 1. The molecule has 0 unspecified atom stereocenters. The van der Waals surface area contributed by atoms with Crippen molar-refractivity contribution in [2.24, 2.45) is 0 Å². The highest BCUT2D eigenvalue weighted by atomic mass is 16.5. The normalized spacial score (nSPS) is 14.6. The zero-order valence-electron chi connectivity index (χ0n) is 15.7. The number of hydrogen-bond acceptors (Lipinski definition) is 4. The standard InChI is InChI=1S/C23H23NO4/c25-22(24-12-6-1-2-7-13-24)16-27-18-10-11-19-21(14-18)28-15-20(23(19)26)17-8-4-3-5-9-17/h3-5,8-11,14-15H,1-2,6-7,12-13,16H2. The molecule has 1 aliphatic heterocycles. The first-order valence-corrected chi connectivity index (χ1v) is 9.74. The molecule has 0 spiro atoms. The zero-order chi connectivity index (χ0) is 19.3. The van der Waals surface area contributed by atoms with E-state index in [9.17, 15) is 9.59 Å². The van der Waals surface area contributed by atoms with E-state index < -0.39 is 0 Å². The van der Waals surface area contributed by atoms with Gasteiger partial charge >= 0.3 is 0 Å². The Kier molecular flexibility index (Phi) is 5.42. The predicted molar refractivity (Wildman–Crippen MR) is 108 cm³/mol. The van der Waals surface area contributed by atoms with Crippen LogP contribution >= 0.6 is 0 Å². The monoisotopic (exact) mass is 377 g/mol. The van der Waals surface area contributed by atoms with E-state index in [-0.39, 0.29) is 17.9 Å². The third-order valence-corrected chi connectivity index (χ3v) is 5.15. The summed E-state index contributed by atoms with van der Waals surface area (Å²) in [6.07, 6.45) is 5.94. The number of carbonyl (C=O) groups is 1. The van der Waals surface area contributed by atoms with E-state index in [1.165, 1.54) is 19.1 Å². The van der Waals surface area contributed by atoms with E-state index in [2.05, 4.69) is 0 Å². The molecule has 4 rings (SSSR count). The molecule has 2 aromatic carbocycles. The second-order valence-electron chi connectivity index (χ2n) is 7.09. The van der Waals surface area contributed by atoms with Crippen LogP contribution in [0, 0.1) is 0 Å². The average Bonchev–Trinajstić information content (AvgIpc) is 3.02. The fraction of sp³-hybridized carbons (Fsp3) is 0.304. The molecule has 1 aromatic heterocycles. The predicted octanol–water partition coefficient (Wildman–Crippen LogP) is 4.24. The van der Waals surface area contributed by atoms with Crippen molar-refractivity contribution in [3.8, 4) is 16.9 Å². The Morgan fingerprint density at radius 1 is 1.00 bits per heavy atom. The van der Waals surface area contributed by atoms with Gasteiger partial charge in [0.05, 0.1) is 10.9 Å². The van der Waals surface area contributed by atoms with E-state index in [4.69, 9.17) is 9.15 Å². The lowest BCUT2D eigenvalue weighted by molar-refractivity contribution is -0.133. The highest BCUT2D eigenvalue weighted by Crippen LogP contribution is 2.23. The third kappa shape index (κ3) is 3.93. The SMILES string of the molecule is O=C(COc1ccc2c(=O)c(-c3ccccc3)coc2c1)N1CCCCCC1. The fourth-order valence-corrected chi connectivity index (χ4v) is 3.57. The maximum absolute atomic E-state index is 12.8. The number of hydrogen-bond donors (Lipinski definition) is 0. The molecule has 0 atom stereocenters. The molecule has 0 N–H and O–H groups in total. The number of likely N-dealkylation sites (tertiary alicyclic amines) is 1. The minimum atomic E-state index is -0.0837. The second-order valence-corrected chi connectivity index (χ2v) is 7.09. The van der Waals surface area contributed by atoms with Crippen molar-refractivity contribution in [2.45, 2.75) is 25.7 Å². The largest absolute Gasteiger partial charge is 0.484 e. The lowest BCUT2D eigenvalue weighted by atomic mass is 10.1. The lowest BCUT2D eigenvalue weighted by Gasteiger charge is -2.20. The van der Waals surface area contributed by atoms with Gasteiger partial charge in [-0.3, -0.25) is 9.59 Å². The topological polar surface area (TPSA) is 59.8 Å². The lowest BCUT2D eigenvalue weighted by Crippen LogP contribution is -2.35. The summed E-state index contributed by atoms with van der Waals surface area (Å²) in [7, 11) is 0. The van der Waals surface area contributed by atoms with Crippen LogP contribution in [0.4, 0.5) is 0 Å². The van der Waals surface area contributed by atoms with Crippen LogP contribution in [0.15, 0.2) is 64.0 Å². The number of amides is 1. The minimum absolute atomic E-state index is 0.00215. The quantitative estimate of drug-likeness (QED) is 0.682. The second kappa shape index (κ2) is 8.30. The van der Waals surface area contributed by atoms with E-state index in [1.807, 2.05) is 35.2 Å². The summed E-state index contributed by atoms with van der Waals surface area (Å²) in [4.78, 5) is 27.0. The molecule has 1 aliphatic rings. The zero-order valence-corrected chi connectivity index (χ0v) is 15.7. The molecule has 3 aromatic rings. The Bertz CT molecular complexity index is 1020. The van der Waals surface area contributed by atoms with Crippen LogP contribution in [0.1, 0.15) is 25.7 Å². The minimum Gasteiger partial charge on any atom is -0.484 e. The van der Waals surface area contributed by atoms with Gasteiger partial charge in [-0.25, -0.2) is 0 Å². The van der Waals surface area contributed by atoms with Crippen molar-refractivity contribution in [1.82, 2.24) is 4.90 Å². The van der Waals surface area contributed by atoms with Crippen LogP contribution < -0.4 is 10.2 Å². The van der Waals surface area contributed by atoms with E-state index in [0.29, 0.717) is 22.3 Å². The summed E-state index contributed by atoms with van der Waals surface area (Å²) >= 11 is 0. The van der Waals surface area contributed by atoms with E-state index in [1.54, 1.807) is 18.2 Å². The first kappa shape index (κ1) is 18.3. The van der Waals surface area contributed by atoms with Crippen LogP contribution in [0.3, 0.4) is 0 Å². The molecular formula is C23H23NO4. The number of ether oxygens (including phenoxy) is 1. The maximum atomic E-state index is 12.8. The number of rotatable bonds is 4. The summed E-state index contributed by atoms with van der Waals surface area (Å²) in [5.74, 6) is 0.522. The summed E-state index contributed by atoms with van der Waals surface area (Å²) in [5.41, 5.74) is 1.71. The Morgan fingerprint density at radius 2 is 1.75 bits per heavy atom. The maximum Gasteiger partial charge on any atom is 0.260 e. The fourth-order valence-electron chi connectivity index (χ4n) is 3.57. The molecule has 28 heavy (non-hydrogen) atoms. The van der Waals surface area contributed by atoms with E-state index >= 15 is 0 Å². The van der Waals surface area contributed by atoms with E-state index in [0.717, 1.165) is 31.5 Å². The van der Waals surface area contributed by atoms with Gasteiger partial charge in [0, 0.05) is 19.2 Å². The highest BCUT2D eigenvalue weighted by Gasteiger charge is 2.16. The number of fused-ring (bicyclic) bond motifs is 1. The van der Waals surface area contributed by atoms with Crippen molar-refractivity contribution in [2.75, 3.05) is 19.7 Å². The molecule has 0 saturated carbocycles. The summed E-state index contributed by atoms with van der Waals surface area (Å²) in [6, 6.07) is 14.5. The summed E-state index contributed by atoms with van der Waals surface area (Å²) < 4.78 is 11.4. The van der Waals surface area contributed by atoms with Crippen LogP contribution in [-0.2, 0) is 4.79 Å². The molecule has 0 aliphatic carbocycles. The van der Waals surface area contributed by atoms with Gasteiger partial charge in [0.25, 0.3) is 5.91 Å². The molecule has 5 heteroatoms. The van der Waals surface area contributed by atoms with Gasteiger partial charge in [-0.15, -0.1) is 0 Å². The van der Waals surface area contributed by atoms with Gasteiger partial charge in [0.1, 0.15) is 17.6 Å². The molecule has 1 saturated heterocycles. The van der Waals surface area contributed by atoms with Gasteiger partial charge in [-0.2, -0.15) is 0 Å². The molecule has 0 bridgehead atoms. The van der Waals surface area contributed by atoms with Crippen LogP contribution in [-0.4, -0.2) is 30.5 Å². The van der Waals surface area contributed by atoms with Crippen LogP contribution in [0.5, 0.6) is 5.75 Å². The van der Waals surface area contributed by atoms with Crippen molar-refractivity contribution in [3.05, 3.63) is 65.0 Å². The van der Waals surface area contributed by atoms with Crippen LogP contribution in [0.2, 0.25) is 0 Å². The molecule has 1 amide bonds. The van der Waals surface area contributed by atoms with Crippen molar-refractivity contribution < 1.29 is 13.9 Å². The molecule has 1 fully saturated rings. The van der Waals surface area contributed by atoms with Gasteiger partial charge in [-0.05, 0) is 30.5 Å². The van der Waals surface area contributed by atoms with Crippen molar-refractivity contribution in [1.29, 1.82) is 0 Å². The smallest absolute Gasteiger partial charge is 0.260 e. The Morgan fingerprint density at radius 3 is 2.50 bits per heavy atom. The first-order valence-electron chi connectivity index (χ1n) is 9.74. The van der Waals surface area contributed by atoms with Gasteiger partial charge in [0.15, 0.2) is 12.0 Å². The van der Waals surface area contributed by atoms with Crippen molar-refractivity contribution in [3.63, 3.8) is 0 Å². The van der Waals surface area contributed by atoms with Gasteiger partial charge in [-0.1, -0.05) is 43.2 Å². The Labute approximate surface area is 163 Å². The van der Waals surface area contributed by atoms with Crippen molar-refractivity contribution >= 4 is 16.9 Å². The molecule has 0 radical (unpaired) electrons. The Hall–Kier alpha value is -3.08. The van der Waals surface area contributed by atoms with Gasteiger partial charge < -0.3 is 14.1 Å². The summed E-state index contributed by atoms with van der Waals surface area (Å²) in [6.45, 7) is 1.60.